The fourth-order valence-electron chi connectivity index (χ4n) is 1.90. The lowest BCUT2D eigenvalue weighted by Gasteiger charge is -2.24. The molecule has 1 atom stereocenters. The highest BCUT2D eigenvalue weighted by Crippen LogP contribution is 2.20. The topological polar surface area (TPSA) is 75.3 Å². The van der Waals surface area contributed by atoms with E-state index in [9.17, 15) is 13.2 Å². The molecule has 1 unspecified atom stereocenters. The summed E-state index contributed by atoms with van der Waals surface area (Å²) < 4.78 is 26.1. The number of hydrogen-bond acceptors (Lipinski definition) is 5. The number of hydrogen-bond donors (Lipinski definition) is 2. The second-order valence-electron chi connectivity index (χ2n) is 6.27. The van der Waals surface area contributed by atoms with E-state index in [1.807, 2.05) is 37.6 Å². The summed E-state index contributed by atoms with van der Waals surface area (Å²) in [4.78, 5) is 12.1. The van der Waals surface area contributed by atoms with E-state index < -0.39 is 22.0 Å². The van der Waals surface area contributed by atoms with Gasteiger partial charge >= 0.3 is 0 Å². The molecule has 0 fully saturated rings. The second-order valence-corrected chi connectivity index (χ2v) is 8.89. The van der Waals surface area contributed by atoms with Gasteiger partial charge in [0, 0.05) is 0 Å². The molecule has 0 saturated heterocycles. The predicted octanol–water partition coefficient (Wildman–Crippen LogP) is 1.76. The fraction of sp³-hybridized carbons (Fsp3) is 0.643. The quantitative estimate of drug-likeness (QED) is 0.798. The molecule has 1 aromatic rings. The van der Waals surface area contributed by atoms with Gasteiger partial charge in [0.1, 0.15) is 0 Å². The molecule has 2 N–H and O–H groups in total. The van der Waals surface area contributed by atoms with Crippen LogP contribution < -0.4 is 10.0 Å². The van der Waals surface area contributed by atoms with Gasteiger partial charge in [-0.15, -0.1) is 0 Å². The summed E-state index contributed by atoms with van der Waals surface area (Å²) in [6, 6.07) is 1.37. The van der Waals surface area contributed by atoms with E-state index in [0.717, 1.165) is 5.56 Å². The van der Waals surface area contributed by atoms with Crippen molar-refractivity contribution >= 4 is 27.3 Å². The second kappa shape index (κ2) is 7.38. The van der Waals surface area contributed by atoms with Gasteiger partial charge in [0.05, 0.1) is 11.8 Å². The third-order valence-corrected chi connectivity index (χ3v) is 4.96. The average Bonchev–Trinajstić information content (AvgIpc) is 2.85. The van der Waals surface area contributed by atoms with Crippen molar-refractivity contribution in [1.82, 2.24) is 10.0 Å². The normalized spacial score (nSPS) is 13.9. The zero-order valence-corrected chi connectivity index (χ0v) is 14.6. The predicted molar refractivity (Wildman–Crippen MR) is 86.9 cm³/mol. The van der Waals surface area contributed by atoms with E-state index in [1.165, 1.54) is 11.3 Å². The van der Waals surface area contributed by atoms with E-state index in [-0.39, 0.29) is 11.2 Å². The van der Waals surface area contributed by atoms with Gasteiger partial charge < -0.3 is 5.32 Å². The first-order valence-corrected chi connectivity index (χ1v) is 9.45. The summed E-state index contributed by atoms with van der Waals surface area (Å²) in [6.07, 6.45) is 0.977. The Labute approximate surface area is 131 Å². The van der Waals surface area contributed by atoms with Crippen LogP contribution >= 0.6 is 11.3 Å². The van der Waals surface area contributed by atoms with Crippen molar-refractivity contribution in [3.63, 3.8) is 0 Å². The molecule has 0 radical (unpaired) electrons. The van der Waals surface area contributed by atoms with Crippen LogP contribution in [0.25, 0.3) is 0 Å². The van der Waals surface area contributed by atoms with Crippen LogP contribution in [0.2, 0.25) is 0 Å². The van der Waals surface area contributed by atoms with Crippen molar-refractivity contribution in [2.45, 2.75) is 39.7 Å². The maximum absolute atomic E-state index is 12.1. The third kappa shape index (κ3) is 7.06. The van der Waals surface area contributed by atoms with Crippen molar-refractivity contribution < 1.29 is 13.2 Å². The number of likely N-dealkylation sites (N-methyl/N-ethyl adjacent to an activating group) is 1. The third-order valence-electron chi connectivity index (χ3n) is 2.98. The summed E-state index contributed by atoms with van der Waals surface area (Å²) in [7, 11) is -1.94. The van der Waals surface area contributed by atoms with Crippen molar-refractivity contribution in [3.8, 4) is 0 Å². The lowest BCUT2D eigenvalue weighted by atomic mass is 9.88. The zero-order chi connectivity index (χ0) is 16.1. The largest absolute Gasteiger partial charge is 0.309 e. The van der Waals surface area contributed by atoms with E-state index in [4.69, 9.17) is 0 Å². The van der Waals surface area contributed by atoms with Crippen LogP contribution in [0.15, 0.2) is 16.8 Å². The highest BCUT2D eigenvalue weighted by atomic mass is 32.2. The lowest BCUT2D eigenvalue weighted by Crippen LogP contribution is -2.47. The Morgan fingerprint density at radius 2 is 2.05 bits per heavy atom. The van der Waals surface area contributed by atoms with E-state index in [2.05, 4.69) is 10.0 Å². The minimum atomic E-state index is -3.60. The molecule has 1 amide bonds. The van der Waals surface area contributed by atoms with Gasteiger partial charge in [0.25, 0.3) is 5.91 Å². The Morgan fingerprint density at radius 1 is 1.38 bits per heavy atom. The lowest BCUT2D eigenvalue weighted by molar-refractivity contribution is -0.121. The number of nitrogens with one attached hydrogen (secondary N) is 2. The molecule has 0 aliphatic rings. The Morgan fingerprint density at radius 3 is 2.52 bits per heavy atom. The standard InChI is InChI=1S/C14H24N2O3S2/c1-14(2,3)9-12(15-4)13(17)16-21(18,19)8-6-11-5-7-20-10-11/h5,7,10,12,15H,6,8-9H2,1-4H3,(H,16,17). The number of amides is 1. The van der Waals surface area contributed by atoms with Gasteiger partial charge in [0.2, 0.25) is 10.0 Å². The molecule has 7 heteroatoms. The van der Waals surface area contributed by atoms with E-state index in [1.54, 1.807) is 7.05 Å². The molecule has 21 heavy (non-hydrogen) atoms. The number of sulfonamides is 1. The number of aryl methyl sites for hydroxylation is 1. The highest BCUT2D eigenvalue weighted by molar-refractivity contribution is 7.90. The maximum atomic E-state index is 12.1. The minimum absolute atomic E-state index is 0.0640. The zero-order valence-electron chi connectivity index (χ0n) is 13.0. The van der Waals surface area contributed by atoms with Crippen LogP contribution in [0.3, 0.4) is 0 Å². The summed E-state index contributed by atoms with van der Waals surface area (Å²) >= 11 is 1.53. The van der Waals surface area contributed by atoms with Gasteiger partial charge in [-0.25, -0.2) is 8.42 Å². The summed E-state index contributed by atoms with van der Waals surface area (Å²) in [6.45, 7) is 6.03. The first-order valence-electron chi connectivity index (χ1n) is 6.86. The fourth-order valence-corrected chi connectivity index (χ4v) is 3.66. The molecule has 5 nitrogen and oxygen atoms in total. The number of carbonyl (C=O) groups excluding carboxylic acids is 1. The first kappa shape index (κ1) is 18.1. The Bertz CT molecular complexity index is 545. The smallest absolute Gasteiger partial charge is 0.250 e. The molecule has 0 aliphatic carbocycles. The van der Waals surface area contributed by atoms with Crippen molar-refractivity contribution in [3.05, 3.63) is 22.4 Å². The molecule has 0 aliphatic heterocycles. The van der Waals surface area contributed by atoms with Crippen LogP contribution in [0.4, 0.5) is 0 Å². The summed E-state index contributed by atoms with van der Waals surface area (Å²) in [5, 5.41) is 6.69. The van der Waals surface area contributed by atoms with Crippen molar-refractivity contribution in [2.75, 3.05) is 12.8 Å². The molecule has 0 bridgehead atoms. The molecule has 0 saturated carbocycles. The monoisotopic (exact) mass is 332 g/mol. The van der Waals surface area contributed by atoms with Crippen LogP contribution in [0.1, 0.15) is 32.8 Å². The van der Waals surface area contributed by atoms with Gasteiger partial charge in [0.15, 0.2) is 0 Å². The number of carbonyl (C=O) groups is 1. The SMILES string of the molecule is CNC(CC(C)(C)C)C(=O)NS(=O)(=O)CCc1ccsc1. The number of thiophene rings is 1. The molecule has 0 spiro atoms. The van der Waals surface area contributed by atoms with Crippen molar-refractivity contribution in [1.29, 1.82) is 0 Å². The van der Waals surface area contributed by atoms with E-state index in [0.29, 0.717) is 12.8 Å². The molecule has 120 valence electrons. The number of rotatable bonds is 7. The van der Waals surface area contributed by atoms with Crippen LogP contribution in [0.5, 0.6) is 0 Å². The van der Waals surface area contributed by atoms with Gasteiger partial charge in [-0.05, 0) is 47.7 Å². The molecule has 0 aromatic carbocycles. The molecular weight excluding hydrogens is 308 g/mol. The van der Waals surface area contributed by atoms with Gasteiger partial charge in [-0.2, -0.15) is 11.3 Å². The average molecular weight is 332 g/mol. The van der Waals surface area contributed by atoms with Crippen LogP contribution in [-0.4, -0.2) is 33.2 Å². The molecule has 1 aromatic heterocycles. The molecule has 1 rings (SSSR count). The van der Waals surface area contributed by atoms with Crippen molar-refractivity contribution in [2.24, 2.45) is 5.41 Å². The first-order chi connectivity index (χ1) is 9.63. The van der Waals surface area contributed by atoms with Gasteiger partial charge in [-0.1, -0.05) is 20.8 Å². The van der Waals surface area contributed by atoms with Crippen LogP contribution in [-0.2, 0) is 21.2 Å². The summed E-state index contributed by atoms with van der Waals surface area (Å²) in [5.41, 5.74) is 0.906. The Kier molecular flexibility index (Phi) is 6.37. The Balaban J connectivity index is 2.58. The maximum Gasteiger partial charge on any atom is 0.250 e. The molecular formula is C14H24N2O3S2. The van der Waals surface area contributed by atoms with E-state index >= 15 is 0 Å². The van der Waals surface area contributed by atoms with Crippen LogP contribution in [0, 0.1) is 5.41 Å². The minimum Gasteiger partial charge on any atom is -0.309 e. The summed E-state index contributed by atoms with van der Waals surface area (Å²) in [5.74, 6) is -0.570. The molecule has 1 heterocycles. The highest BCUT2D eigenvalue weighted by Gasteiger charge is 2.26. The van der Waals surface area contributed by atoms with Gasteiger partial charge in [-0.3, -0.25) is 9.52 Å². The Hall–Kier alpha value is -0.920.